The minimum atomic E-state index is -3.70. The topological polar surface area (TPSA) is 59.5 Å². The molecule has 0 N–H and O–H groups in total. The van der Waals surface area contributed by atoms with Gasteiger partial charge in [-0.1, -0.05) is 28.1 Å². The summed E-state index contributed by atoms with van der Waals surface area (Å²) in [6, 6.07) is 12.8. The summed E-state index contributed by atoms with van der Waals surface area (Å²) in [6.07, 6.45) is 1.59. The van der Waals surface area contributed by atoms with Crippen LogP contribution in [0.15, 0.2) is 51.8 Å². The van der Waals surface area contributed by atoms with Crippen molar-refractivity contribution < 1.29 is 13.2 Å². The highest BCUT2D eigenvalue weighted by atomic mass is 79.9. The van der Waals surface area contributed by atoms with Gasteiger partial charge in [-0.3, -0.25) is 0 Å². The van der Waals surface area contributed by atoms with Gasteiger partial charge in [0.25, 0.3) is 0 Å². The third-order valence-electron chi connectivity index (χ3n) is 4.59. The Labute approximate surface area is 171 Å². The van der Waals surface area contributed by atoms with E-state index in [1.54, 1.807) is 33.8 Å². The molecule has 0 aliphatic carbocycles. The molecule has 0 amide bonds. The summed E-state index contributed by atoms with van der Waals surface area (Å²) in [7, 11) is -3.70. The maximum atomic E-state index is 13.5. The minimum absolute atomic E-state index is 0.201. The van der Waals surface area contributed by atoms with E-state index in [2.05, 4.69) is 15.9 Å². The Kier molecular flexibility index (Phi) is 5.24. The predicted molar refractivity (Wildman–Crippen MR) is 111 cm³/mol. The second kappa shape index (κ2) is 7.50. The lowest BCUT2D eigenvalue weighted by Gasteiger charge is -2.24. The van der Waals surface area contributed by atoms with Gasteiger partial charge in [0.1, 0.15) is 15.7 Å². The molecular formula is C19H19BrN2O3S2. The molecule has 1 aliphatic rings. The number of sulfonamides is 1. The third kappa shape index (κ3) is 3.51. The molecule has 5 nitrogen and oxygen atoms in total. The van der Waals surface area contributed by atoms with E-state index in [-0.39, 0.29) is 10.9 Å². The van der Waals surface area contributed by atoms with Crippen molar-refractivity contribution in [2.45, 2.75) is 30.7 Å². The quantitative estimate of drug-likeness (QED) is 0.531. The van der Waals surface area contributed by atoms with Crippen molar-refractivity contribution in [2.75, 3.05) is 13.2 Å². The van der Waals surface area contributed by atoms with Crippen LogP contribution in [0.1, 0.15) is 30.8 Å². The molecule has 0 bridgehead atoms. The Morgan fingerprint density at radius 1 is 1.30 bits per heavy atom. The van der Waals surface area contributed by atoms with Crippen LogP contribution in [0.2, 0.25) is 0 Å². The monoisotopic (exact) mass is 466 g/mol. The summed E-state index contributed by atoms with van der Waals surface area (Å²) in [5, 5.41) is 0.852. The SMILES string of the molecule is CCOc1ccc(Br)cc1S(=O)(=O)N1CCCC1c1nc2ccccc2s1. The van der Waals surface area contributed by atoms with E-state index in [4.69, 9.17) is 9.72 Å². The van der Waals surface area contributed by atoms with Gasteiger partial charge < -0.3 is 4.74 Å². The van der Waals surface area contributed by atoms with E-state index >= 15 is 0 Å². The molecule has 0 saturated carbocycles. The first-order chi connectivity index (χ1) is 13.0. The zero-order valence-corrected chi connectivity index (χ0v) is 18.0. The number of ether oxygens (including phenoxy) is 1. The smallest absolute Gasteiger partial charge is 0.247 e. The van der Waals surface area contributed by atoms with Gasteiger partial charge in [-0.15, -0.1) is 11.3 Å². The molecule has 142 valence electrons. The van der Waals surface area contributed by atoms with Crippen LogP contribution in [-0.4, -0.2) is 30.9 Å². The van der Waals surface area contributed by atoms with Crippen LogP contribution < -0.4 is 4.74 Å². The fourth-order valence-electron chi connectivity index (χ4n) is 3.39. The summed E-state index contributed by atoms with van der Waals surface area (Å²) in [6.45, 7) is 2.74. The first-order valence-electron chi connectivity index (χ1n) is 8.80. The van der Waals surface area contributed by atoms with Crippen molar-refractivity contribution in [1.82, 2.24) is 9.29 Å². The van der Waals surface area contributed by atoms with Crippen molar-refractivity contribution in [3.8, 4) is 5.75 Å². The minimum Gasteiger partial charge on any atom is -0.492 e. The molecule has 0 radical (unpaired) electrons. The fourth-order valence-corrected chi connectivity index (χ4v) is 6.91. The summed E-state index contributed by atoms with van der Waals surface area (Å²) in [5.74, 6) is 0.385. The van der Waals surface area contributed by atoms with Gasteiger partial charge in [-0.05, 0) is 50.1 Å². The third-order valence-corrected chi connectivity index (χ3v) is 8.15. The Balaban J connectivity index is 1.76. The highest BCUT2D eigenvalue weighted by molar-refractivity contribution is 9.10. The normalized spacial score (nSPS) is 18.2. The van der Waals surface area contributed by atoms with Crippen molar-refractivity contribution in [3.05, 3.63) is 51.9 Å². The maximum absolute atomic E-state index is 13.5. The number of rotatable bonds is 5. The van der Waals surface area contributed by atoms with Crippen LogP contribution in [0.3, 0.4) is 0 Å². The Morgan fingerprint density at radius 3 is 2.89 bits per heavy atom. The van der Waals surface area contributed by atoms with Crippen LogP contribution in [0.5, 0.6) is 5.75 Å². The Hall–Kier alpha value is -1.48. The number of para-hydroxylation sites is 1. The lowest BCUT2D eigenvalue weighted by molar-refractivity contribution is 0.327. The molecule has 0 spiro atoms. The molecule has 1 aromatic heterocycles. The Bertz CT molecular complexity index is 1050. The highest BCUT2D eigenvalue weighted by Gasteiger charge is 2.39. The molecule has 1 aliphatic heterocycles. The average Bonchev–Trinajstić information content (AvgIpc) is 3.30. The van der Waals surface area contributed by atoms with Crippen LogP contribution in [0.4, 0.5) is 0 Å². The Morgan fingerprint density at radius 2 is 2.11 bits per heavy atom. The first kappa shape index (κ1) is 18.9. The van der Waals surface area contributed by atoms with Crippen LogP contribution in [-0.2, 0) is 10.0 Å². The molecule has 1 unspecified atom stereocenters. The molecule has 1 saturated heterocycles. The van der Waals surface area contributed by atoms with E-state index in [0.717, 1.165) is 28.1 Å². The first-order valence-corrected chi connectivity index (χ1v) is 11.9. The lowest BCUT2D eigenvalue weighted by Crippen LogP contribution is -2.31. The second-order valence-electron chi connectivity index (χ2n) is 6.32. The number of hydrogen-bond donors (Lipinski definition) is 0. The van der Waals surface area contributed by atoms with E-state index < -0.39 is 10.0 Å². The number of halogens is 1. The molecule has 1 fully saturated rings. The summed E-state index contributed by atoms with van der Waals surface area (Å²) in [4.78, 5) is 4.90. The number of aromatic nitrogens is 1. The van der Waals surface area contributed by atoms with Crippen molar-refractivity contribution in [3.63, 3.8) is 0 Å². The molecule has 1 atom stereocenters. The molecule has 8 heteroatoms. The summed E-state index contributed by atoms with van der Waals surface area (Å²) < 4.78 is 35.9. The number of fused-ring (bicyclic) bond motifs is 1. The van der Waals surface area contributed by atoms with Crippen molar-refractivity contribution >= 4 is 47.5 Å². The standard InChI is InChI=1S/C19H19BrN2O3S2/c1-2-25-16-10-9-13(20)12-18(16)27(23,24)22-11-5-7-15(22)19-21-14-6-3-4-8-17(14)26-19/h3-4,6,8-10,12,15H,2,5,7,11H2,1H3. The van der Waals surface area contributed by atoms with Crippen molar-refractivity contribution in [2.24, 2.45) is 0 Å². The van der Waals surface area contributed by atoms with Gasteiger partial charge >= 0.3 is 0 Å². The molecule has 3 aromatic rings. The lowest BCUT2D eigenvalue weighted by atomic mass is 10.2. The second-order valence-corrected chi connectivity index (χ2v) is 10.2. The maximum Gasteiger partial charge on any atom is 0.247 e. The van der Waals surface area contributed by atoms with E-state index in [1.807, 2.05) is 31.2 Å². The predicted octanol–water partition coefficient (Wildman–Crippen LogP) is 4.98. The zero-order valence-electron chi connectivity index (χ0n) is 14.8. The number of hydrogen-bond acceptors (Lipinski definition) is 5. The van der Waals surface area contributed by atoms with Gasteiger partial charge in [0, 0.05) is 11.0 Å². The number of thiazole rings is 1. The van der Waals surface area contributed by atoms with Crippen LogP contribution in [0.25, 0.3) is 10.2 Å². The zero-order chi connectivity index (χ0) is 19.0. The van der Waals surface area contributed by atoms with E-state index in [9.17, 15) is 8.42 Å². The van der Waals surface area contributed by atoms with Gasteiger partial charge in [0.15, 0.2) is 0 Å². The summed E-state index contributed by atoms with van der Waals surface area (Å²) >= 11 is 4.95. The van der Waals surface area contributed by atoms with Gasteiger partial charge in [0.2, 0.25) is 10.0 Å². The molecule has 2 heterocycles. The number of benzene rings is 2. The molecule has 4 rings (SSSR count). The molecular weight excluding hydrogens is 448 g/mol. The van der Waals surface area contributed by atoms with Gasteiger partial charge in [-0.2, -0.15) is 4.31 Å². The van der Waals surface area contributed by atoms with Gasteiger partial charge in [-0.25, -0.2) is 13.4 Å². The van der Waals surface area contributed by atoms with Crippen LogP contribution in [0, 0.1) is 0 Å². The van der Waals surface area contributed by atoms with Gasteiger partial charge in [0.05, 0.1) is 22.9 Å². The summed E-state index contributed by atoms with van der Waals surface area (Å²) in [5.41, 5.74) is 0.916. The van der Waals surface area contributed by atoms with E-state index in [0.29, 0.717) is 23.4 Å². The van der Waals surface area contributed by atoms with Crippen LogP contribution >= 0.6 is 27.3 Å². The molecule has 2 aromatic carbocycles. The number of nitrogens with zero attached hydrogens (tertiary/aromatic N) is 2. The fraction of sp³-hybridized carbons (Fsp3) is 0.316. The highest BCUT2D eigenvalue weighted by Crippen LogP contribution is 2.41. The largest absolute Gasteiger partial charge is 0.492 e. The average molecular weight is 467 g/mol. The van der Waals surface area contributed by atoms with E-state index in [1.165, 1.54) is 0 Å². The van der Waals surface area contributed by atoms with Crippen molar-refractivity contribution in [1.29, 1.82) is 0 Å². The molecule has 27 heavy (non-hydrogen) atoms.